The van der Waals surface area contributed by atoms with Gasteiger partial charge in [-0.2, -0.15) is 0 Å². The topological polar surface area (TPSA) is 78.6 Å². The number of hydrogen-bond acceptors (Lipinski definition) is 5. The summed E-state index contributed by atoms with van der Waals surface area (Å²) in [6, 6.07) is 8.10. The summed E-state index contributed by atoms with van der Waals surface area (Å²) in [7, 11) is 0. The van der Waals surface area contributed by atoms with Crippen molar-refractivity contribution in [2.45, 2.75) is 103 Å². The van der Waals surface area contributed by atoms with Gasteiger partial charge in [-0.3, -0.25) is 9.59 Å². The van der Waals surface area contributed by atoms with E-state index in [1.807, 2.05) is 18.2 Å². The molecule has 5 heteroatoms. The number of rotatable bonds is 17. The molecule has 170 valence electrons. The first-order valence-electron chi connectivity index (χ1n) is 11.8. The number of carbonyl (C=O) groups excluding carboxylic acids is 2. The molecule has 0 amide bonds. The maximum Gasteiger partial charge on any atom is 0.327 e. The first kappa shape index (κ1) is 26.2. The van der Waals surface area contributed by atoms with E-state index in [2.05, 4.69) is 6.92 Å². The molecule has 0 aliphatic carbocycles. The number of nitrogens with two attached hydrogens (primary N) is 1. The summed E-state index contributed by atoms with van der Waals surface area (Å²) in [6.07, 6.45) is 13.0. The van der Waals surface area contributed by atoms with Gasteiger partial charge in [0.05, 0.1) is 6.61 Å². The molecule has 1 rings (SSSR count). The SMILES string of the molecule is CCCCCCCCCCCCCC(=O)OC(c1ccccc1)C(N)C(=O)OCC. The van der Waals surface area contributed by atoms with Crippen LogP contribution in [-0.2, 0) is 19.1 Å². The summed E-state index contributed by atoms with van der Waals surface area (Å²) < 4.78 is 10.6. The number of carbonyl (C=O) groups is 2. The molecule has 0 saturated carbocycles. The van der Waals surface area contributed by atoms with Crippen LogP contribution in [0.25, 0.3) is 0 Å². The summed E-state index contributed by atoms with van der Waals surface area (Å²) in [5.41, 5.74) is 6.74. The second-order valence-electron chi connectivity index (χ2n) is 7.88. The molecule has 1 aromatic rings. The Morgan fingerprint density at radius 2 is 1.37 bits per heavy atom. The Bertz CT molecular complexity index is 576. The van der Waals surface area contributed by atoms with Gasteiger partial charge in [-0.25, -0.2) is 0 Å². The van der Waals surface area contributed by atoms with Crippen LogP contribution in [-0.4, -0.2) is 24.6 Å². The number of benzene rings is 1. The van der Waals surface area contributed by atoms with Crippen LogP contribution in [0.15, 0.2) is 30.3 Å². The van der Waals surface area contributed by atoms with E-state index in [1.54, 1.807) is 19.1 Å². The zero-order chi connectivity index (χ0) is 22.0. The van der Waals surface area contributed by atoms with Crippen molar-refractivity contribution in [2.24, 2.45) is 5.73 Å². The van der Waals surface area contributed by atoms with Crippen LogP contribution in [0.5, 0.6) is 0 Å². The Balaban J connectivity index is 2.29. The van der Waals surface area contributed by atoms with Crippen LogP contribution < -0.4 is 5.73 Å². The predicted molar refractivity (Wildman–Crippen MR) is 121 cm³/mol. The maximum atomic E-state index is 12.3. The Morgan fingerprint density at radius 3 is 1.90 bits per heavy atom. The summed E-state index contributed by atoms with van der Waals surface area (Å²) in [5.74, 6) is -0.881. The minimum absolute atomic E-state index is 0.237. The second kappa shape index (κ2) is 16.9. The molecule has 0 heterocycles. The van der Waals surface area contributed by atoms with Crippen molar-refractivity contribution in [1.29, 1.82) is 0 Å². The standard InChI is InChI=1S/C25H41NO4/c1-3-5-6-7-8-9-10-11-12-13-17-20-22(27)30-24(21-18-15-14-16-19-21)23(26)25(28)29-4-2/h14-16,18-19,23-24H,3-13,17,20,26H2,1-2H3. The van der Waals surface area contributed by atoms with E-state index in [9.17, 15) is 9.59 Å². The van der Waals surface area contributed by atoms with Crippen LogP contribution in [0.1, 0.15) is 103 Å². The van der Waals surface area contributed by atoms with Crippen molar-refractivity contribution in [3.8, 4) is 0 Å². The van der Waals surface area contributed by atoms with E-state index >= 15 is 0 Å². The highest BCUT2D eigenvalue weighted by atomic mass is 16.6. The van der Waals surface area contributed by atoms with Crippen LogP contribution >= 0.6 is 0 Å². The summed E-state index contributed by atoms with van der Waals surface area (Å²) in [5, 5.41) is 0. The van der Waals surface area contributed by atoms with Gasteiger partial charge in [-0.05, 0) is 18.9 Å². The predicted octanol–water partition coefficient (Wildman–Crippen LogP) is 5.86. The molecule has 0 bridgehead atoms. The van der Waals surface area contributed by atoms with Crippen LogP contribution in [0.3, 0.4) is 0 Å². The maximum absolute atomic E-state index is 12.3. The number of unbranched alkanes of at least 4 members (excludes halogenated alkanes) is 10. The lowest BCUT2D eigenvalue weighted by Crippen LogP contribution is -2.40. The fourth-order valence-corrected chi connectivity index (χ4v) is 3.49. The quantitative estimate of drug-likeness (QED) is 0.253. The van der Waals surface area contributed by atoms with Gasteiger partial charge < -0.3 is 15.2 Å². The molecule has 1 aromatic carbocycles. The Labute approximate surface area is 182 Å². The van der Waals surface area contributed by atoms with E-state index in [4.69, 9.17) is 15.2 Å². The van der Waals surface area contributed by atoms with Gasteiger partial charge in [0.2, 0.25) is 0 Å². The van der Waals surface area contributed by atoms with Gasteiger partial charge in [-0.1, -0.05) is 101 Å². The molecule has 0 aliphatic rings. The summed E-state index contributed by atoms with van der Waals surface area (Å²) >= 11 is 0. The average Bonchev–Trinajstić information content (AvgIpc) is 2.76. The molecular formula is C25H41NO4. The van der Waals surface area contributed by atoms with Gasteiger partial charge >= 0.3 is 11.9 Å². The van der Waals surface area contributed by atoms with Gasteiger partial charge in [-0.15, -0.1) is 0 Å². The van der Waals surface area contributed by atoms with Gasteiger partial charge in [0, 0.05) is 6.42 Å². The van der Waals surface area contributed by atoms with Gasteiger partial charge in [0.1, 0.15) is 6.04 Å². The third-order valence-corrected chi connectivity index (χ3v) is 5.26. The third kappa shape index (κ3) is 11.3. The average molecular weight is 420 g/mol. The lowest BCUT2D eigenvalue weighted by Gasteiger charge is -2.23. The van der Waals surface area contributed by atoms with Crippen LogP contribution in [0, 0.1) is 0 Å². The van der Waals surface area contributed by atoms with Crippen LogP contribution in [0.2, 0.25) is 0 Å². The number of esters is 2. The number of hydrogen-bond donors (Lipinski definition) is 1. The normalized spacial score (nSPS) is 12.9. The lowest BCUT2D eigenvalue weighted by molar-refractivity contribution is -0.157. The van der Waals surface area contributed by atoms with Crippen molar-refractivity contribution in [2.75, 3.05) is 6.61 Å². The highest BCUT2D eigenvalue weighted by Crippen LogP contribution is 2.22. The molecule has 0 radical (unpaired) electrons. The second-order valence-corrected chi connectivity index (χ2v) is 7.88. The molecule has 0 saturated heterocycles. The minimum Gasteiger partial charge on any atom is -0.465 e. The van der Waals surface area contributed by atoms with Crippen molar-refractivity contribution in [1.82, 2.24) is 0 Å². The highest BCUT2D eigenvalue weighted by molar-refractivity contribution is 5.77. The van der Waals surface area contributed by atoms with Gasteiger partial charge in [0.25, 0.3) is 0 Å². The minimum atomic E-state index is -1.03. The molecule has 30 heavy (non-hydrogen) atoms. The number of ether oxygens (including phenoxy) is 2. The molecule has 2 N–H and O–H groups in total. The molecule has 5 nitrogen and oxygen atoms in total. The Hall–Kier alpha value is -1.88. The third-order valence-electron chi connectivity index (χ3n) is 5.26. The molecule has 2 atom stereocenters. The van der Waals surface area contributed by atoms with Crippen molar-refractivity contribution >= 4 is 11.9 Å². The molecule has 0 aliphatic heterocycles. The first-order chi connectivity index (χ1) is 14.6. The molecule has 2 unspecified atom stereocenters. The monoisotopic (exact) mass is 419 g/mol. The first-order valence-corrected chi connectivity index (χ1v) is 11.8. The zero-order valence-electron chi connectivity index (χ0n) is 18.9. The van der Waals surface area contributed by atoms with E-state index < -0.39 is 18.1 Å². The van der Waals surface area contributed by atoms with Crippen molar-refractivity contribution < 1.29 is 19.1 Å². The molecular weight excluding hydrogens is 378 g/mol. The van der Waals surface area contributed by atoms with E-state index in [0.29, 0.717) is 12.0 Å². The zero-order valence-corrected chi connectivity index (χ0v) is 18.9. The molecule has 0 fully saturated rings. The van der Waals surface area contributed by atoms with Gasteiger partial charge in [0.15, 0.2) is 6.10 Å². The Kier molecular flexibility index (Phi) is 14.7. The highest BCUT2D eigenvalue weighted by Gasteiger charge is 2.30. The fourth-order valence-electron chi connectivity index (χ4n) is 3.49. The summed E-state index contributed by atoms with van der Waals surface area (Å²) in [4.78, 5) is 24.4. The summed E-state index contributed by atoms with van der Waals surface area (Å²) in [6.45, 7) is 4.20. The van der Waals surface area contributed by atoms with Crippen LogP contribution in [0.4, 0.5) is 0 Å². The fraction of sp³-hybridized carbons (Fsp3) is 0.680. The van der Waals surface area contributed by atoms with E-state index in [-0.39, 0.29) is 12.6 Å². The van der Waals surface area contributed by atoms with E-state index in [0.717, 1.165) is 19.3 Å². The van der Waals surface area contributed by atoms with Crippen molar-refractivity contribution in [3.63, 3.8) is 0 Å². The molecule has 0 aromatic heterocycles. The Morgan fingerprint density at radius 1 is 0.833 bits per heavy atom. The van der Waals surface area contributed by atoms with E-state index in [1.165, 1.54) is 51.4 Å². The largest absolute Gasteiger partial charge is 0.465 e. The molecule has 0 spiro atoms. The lowest BCUT2D eigenvalue weighted by atomic mass is 10.0. The van der Waals surface area contributed by atoms with Crippen molar-refractivity contribution in [3.05, 3.63) is 35.9 Å². The smallest absolute Gasteiger partial charge is 0.327 e.